The van der Waals surface area contributed by atoms with Gasteiger partial charge in [-0.3, -0.25) is 9.78 Å². The Bertz CT molecular complexity index is 1250. The highest BCUT2D eigenvalue weighted by molar-refractivity contribution is 6.05. The molecule has 3 N–H and O–H groups in total. The number of benzene rings is 2. The van der Waals surface area contributed by atoms with Crippen LogP contribution >= 0.6 is 0 Å². The van der Waals surface area contributed by atoms with E-state index in [9.17, 15) is 23.9 Å². The summed E-state index contributed by atoms with van der Waals surface area (Å²) in [7, 11) is 0. The van der Waals surface area contributed by atoms with Gasteiger partial charge in [0, 0.05) is 18.3 Å². The molecule has 0 fully saturated rings. The monoisotopic (exact) mass is 479 g/mol. The highest BCUT2D eigenvalue weighted by atomic mass is 19.1. The lowest BCUT2D eigenvalue weighted by molar-refractivity contribution is 0.0527. The van der Waals surface area contributed by atoms with E-state index < -0.39 is 29.4 Å². The highest BCUT2D eigenvalue weighted by Gasteiger charge is 2.17. The molecule has 0 aliphatic rings. The predicted octanol–water partition coefficient (Wildman–Crippen LogP) is 4.91. The maximum absolute atomic E-state index is 13.9. The average Bonchev–Trinajstić information content (AvgIpc) is 2.79. The van der Waals surface area contributed by atoms with Gasteiger partial charge in [-0.05, 0) is 74.2 Å². The minimum atomic E-state index is -1.08. The molecule has 0 spiro atoms. The summed E-state index contributed by atoms with van der Waals surface area (Å²) < 4.78 is 19.2. The number of hydrogen-bond acceptors (Lipinski definition) is 5. The van der Waals surface area contributed by atoms with Crippen LogP contribution in [-0.4, -0.2) is 40.2 Å². The molecule has 8 nitrogen and oxygen atoms in total. The minimum Gasteiger partial charge on any atom is -0.478 e. The zero-order chi connectivity index (χ0) is 25.6. The number of hydrogen-bond donors (Lipinski definition) is 3. The molecule has 0 unspecified atom stereocenters. The Labute approximate surface area is 202 Å². The molecule has 0 aliphatic carbocycles. The van der Waals surface area contributed by atoms with Gasteiger partial charge in [0.25, 0.3) is 5.91 Å². The topological polar surface area (TPSA) is 118 Å². The molecule has 0 bridgehead atoms. The number of rotatable bonds is 7. The molecular weight excluding hydrogens is 453 g/mol. The van der Waals surface area contributed by atoms with Gasteiger partial charge in [0.2, 0.25) is 0 Å². The molecule has 0 atom stereocenters. The van der Waals surface area contributed by atoms with Crippen LogP contribution in [0.1, 0.15) is 47.1 Å². The van der Waals surface area contributed by atoms with Gasteiger partial charge in [-0.1, -0.05) is 18.2 Å². The number of carbonyl (C=O) groups excluding carboxylic acids is 2. The van der Waals surface area contributed by atoms with Crippen LogP contribution in [0.3, 0.4) is 0 Å². The van der Waals surface area contributed by atoms with Gasteiger partial charge >= 0.3 is 12.1 Å². The summed E-state index contributed by atoms with van der Waals surface area (Å²) >= 11 is 0. The molecule has 3 rings (SSSR count). The number of aromatic carboxylic acids is 1. The van der Waals surface area contributed by atoms with E-state index in [2.05, 4.69) is 15.6 Å². The summed E-state index contributed by atoms with van der Waals surface area (Å²) in [6, 6.07) is 12.6. The lowest BCUT2D eigenvalue weighted by Gasteiger charge is -2.20. The maximum Gasteiger partial charge on any atom is 0.407 e. The number of carboxylic acids is 1. The zero-order valence-electron chi connectivity index (χ0n) is 19.6. The van der Waals surface area contributed by atoms with E-state index >= 15 is 0 Å². The van der Waals surface area contributed by atoms with Crippen molar-refractivity contribution in [3.8, 4) is 11.1 Å². The molecule has 0 saturated carbocycles. The molecular formula is C26H26FN3O5. The molecule has 1 aromatic heterocycles. The highest BCUT2D eigenvalue weighted by Crippen LogP contribution is 2.27. The summed E-state index contributed by atoms with van der Waals surface area (Å²) in [5.74, 6) is -2.29. The molecule has 2 aromatic carbocycles. The van der Waals surface area contributed by atoms with Gasteiger partial charge in [0.15, 0.2) is 5.82 Å². The second kappa shape index (κ2) is 10.8. The Hall–Kier alpha value is -4.27. The van der Waals surface area contributed by atoms with Crippen LogP contribution in [0.2, 0.25) is 0 Å². The van der Waals surface area contributed by atoms with Crippen molar-refractivity contribution in [2.24, 2.45) is 0 Å². The third-order valence-electron chi connectivity index (χ3n) is 4.88. The van der Waals surface area contributed by atoms with Gasteiger partial charge in [-0.2, -0.15) is 0 Å². The molecule has 0 saturated heterocycles. The second-order valence-corrected chi connectivity index (χ2v) is 8.75. The lowest BCUT2D eigenvalue weighted by Crippen LogP contribution is -2.33. The van der Waals surface area contributed by atoms with Crippen LogP contribution in [0.5, 0.6) is 0 Å². The Morgan fingerprint density at radius 2 is 1.83 bits per heavy atom. The number of ether oxygens (including phenoxy) is 1. The standard InChI is InChI=1S/C26H26FN3O5/c1-26(2,3)35-25(34)29-12-9-16-7-8-18(23(31)30-22-10-11-28-15-21(22)27)14-20(16)17-5-4-6-19(13-17)24(32)33/h4-8,10-11,13-15H,9,12H2,1-3H3,(H,29,34)(H,32,33)(H,28,30,31). The van der Waals surface area contributed by atoms with E-state index in [1.165, 1.54) is 24.4 Å². The Morgan fingerprint density at radius 3 is 2.51 bits per heavy atom. The van der Waals surface area contributed by atoms with Crippen molar-refractivity contribution in [1.29, 1.82) is 0 Å². The van der Waals surface area contributed by atoms with Crippen molar-refractivity contribution in [3.05, 3.63) is 83.4 Å². The summed E-state index contributed by atoms with van der Waals surface area (Å²) in [5.41, 5.74) is 1.68. The fourth-order valence-corrected chi connectivity index (χ4v) is 3.31. The summed E-state index contributed by atoms with van der Waals surface area (Å²) in [6.07, 6.45) is 2.20. The van der Waals surface area contributed by atoms with Crippen molar-refractivity contribution in [1.82, 2.24) is 10.3 Å². The number of carboxylic acid groups (broad SMARTS) is 1. The van der Waals surface area contributed by atoms with E-state index in [4.69, 9.17) is 4.74 Å². The van der Waals surface area contributed by atoms with E-state index in [0.717, 1.165) is 11.8 Å². The zero-order valence-corrected chi connectivity index (χ0v) is 19.6. The molecule has 182 valence electrons. The number of halogens is 1. The van der Waals surface area contributed by atoms with Crippen LogP contribution in [0.15, 0.2) is 60.9 Å². The SMILES string of the molecule is CC(C)(C)OC(=O)NCCc1ccc(C(=O)Nc2ccncc2F)cc1-c1cccc(C(=O)O)c1. The van der Waals surface area contributed by atoms with E-state index in [1.807, 2.05) is 0 Å². The lowest BCUT2D eigenvalue weighted by atomic mass is 9.94. The molecule has 0 radical (unpaired) electrons. The van der Waals surface area contributed by atoms with Gasteiger partial charge in [-0.15, -0.1) is 0 Å². The van der Waals surface area contributed by atoms with Crippen molar-refractivity contribution in [2.75, 3.05) is 11.9 Å². The fraction of sp³-hybridized carbons (Fsp3) is 0.231. The third-order valence-corrected chi connectivity index (χ3v) is 4.88. The van der Waals surface area contributed by atoms with E-state index in [0.29, 0.717) is 17.5 Å². The minimum absolute atomic E-state index is 0.00920. The third kappa shape index (κ3) is 7.10. The Balaban J connectivity index is 1.89. The van der Waals surface area contributed by atoms with E-state index in [-0.39, 0.29) is 23.4 Å². The quantitative estimate of drug-likeness (QED) is 0.443. The van der Waals surface area contributed by atoms with Crippen molar-refractivity contribution in [2.45, 2.75) is 32.8 Å². The van der Waals surface area contributed by atoms with Gasteiger partial charge in [0.05, 0.1) is 17.4 Å². The van der Waals surface area contributed by atoms with Crippen LogP contribution < -0.4 is 10.6 Å². The summed E-state index contributed by atoms with van der Waals surface area (Å²) in [6.45, 7) is 5.56. The van der Waals surface area contributed by atoms with Crippen molar-refractivity contribution < 1.29 is 28.6 Å². The first-order valence-electron chi connectivity index (χ1n) is 10.9. The van der Waals surface area contributed by atoms with Gasteiger partial charge in [-0.25, -0.2) is 14.0 Å². The van der Waals surface area contributed by atoms with Crippen molar-refractivity contribution >= 4 is 23.7 Å². The first-order valence-corrected chi connectivity index (χ1v) is 10.9. The Morgan fingerprint density at radius 1 is 1.06 bits per heavy atom. The van der Waals surface area contributed by atoms with Crippen LogP contribution in [0.25, 0.3) is 11.1 Å². The molecule has 3 aromatic rings. The van der Waals surface area contributed by atoms with Crippen LogP contribution in [-0.2, 0) is 11.2 Å². The second-order valence-electron chi connectivity index (χ2n) is 8.75. The number of aromatic nitrogens is 1. The number of nitrogens with zero attached hydrogens (tertiary/aromatic N) is 1. The Kier molecular flexibility index (Phi) is 7.80. The van der Waals surface area contributed by atoms with Gasteiger partial charge < -0.3 is 20.5 Å². The molecule has 1 heterocycles. The summed E-state index contributed by atoms with van der Waals surface area (Å²) in [4.78, 5) is 39.9. The first-order chi connectivity index (χ1) is 16.5. The average molecular weight is 480 g/mol. The number of alkyl carbamates (subject to hydrolysis) is 1. The molecule has 35 heavy (non-hydrogen) atoms. The molecule has 9 heteroatoms. The van der Waals surface area contributed by atoms with Gasteiger partial charge in [0.1, 0.15) is 5.60 Å². The first kappa shape index (κ1) is 25.4. The smallest absolute Gasteiger partial charge is 0.407 e. The van der Waals surface area contributed by atoms with Crippen LogP contribution in [0, 0.1) is 5.82 Å². The number of pyridine rings is 1. The van der Waals surface area contributed by atoms with Crippen molar-refractivity contribution in [3.63, 3.8) is 0 Å². The fourth-order valence-electron chi connectivity index (χ4n) is 3.31. The number of amides is 2. The number of carbonyl (C=O) groups is 3. The van der Waals surface area contributed by atoms with E-state index in [1.54, 1.807) is 51.1 Å². The largest absolute Gasteiger partial charge is 0.478 e. The van der Waals surface area contributed by atoms with Crippen LogP contribution in [0.4, 0.5) is 14.9 Å². The molecule has 2 amide bonds. The summed E-state index contributed by atoms with van der Waals surface area (Å²) in [5, 5.41) is 14.6. The molecule has 0 aliphatic heterocycles. The maximum atomic E-state index is 13.9. The number of nitrogens with one attached hydrogen (secondary N) is 2. The number of anilines is 1. The predicted molar refractivity (Wildman–Crippen MR) is 129 cm³/mol. The normalized spacial score (nSPS) is 11.0.